The standard InChI is InChI=1S/C19H42N.C8H6Cl2O3/c1-5-6-7-8-9-10-11-12-13-14-15-16-17-18-19-20(2,3)4;9-5-1-2-7(6(10)3-5)13-4-8(11)12/h5-19H2,1-4H3;1-3H,4H2,(H,11,12)/q+1;/p-1. The third kappa shape index (κ3) is 22.6. The van der Waals surface area contributed by atoms with Gasteiger partial charge in [-0.1, -0.05) is 107 Å². The molecule has 0 saturated heterocycles. The average Bonchev–Trinajstić information content (AvgIpc) is 2.73. The Morgan fingerprint density at radius 1 is 0.818 bits per heavy atom. The molecule has 0 spiro atoms. The van der Waals surface area contributed by atoms with Crippen LogP contribution in [0.4, 0.5) is 0 Å². The van der Waals surface area contributed by atoms with Crippen LogP contribution in [0.3, 0.4) is 0 Å². The number of hydrogen-bond donors (Lipinski definition) is 0. The first-order valence-corrected chi connectivity index (χ1v) is 13.5. The monoisotopic (exact) mass is 503 g/mol. The van der Waals surface area contributed by atoms with E-state index in [9.17, 15) is 9.90 Å². The van der Waals surface area contributed by atoms with Crippen LogP contribution in [0.15, 0.2) is 18.2 Å². The maximum atomic E-state index is 10.0. The van der Waals surface area contributed by atoms with Crippen molar-refractivity contribution in [3.05, 3.63) is 28.2 Å². The van der Waals surface area contributed by atoms with E-state index < -0.39 is 12.6 Å². The summed E-state index contributed by atoms with van der Waals surface area (Å²) in [5, 5.41) is 10.8. The highest BCUT2D eigenvalue weighted by atomic mass is 35.5. The van der Waals surface area contributed by atoms with Crippen LogP contribution >= 0.6 is 23.2 Å². The van der Waals surface area contributed by atoms with E-state index in [1.165, 1.54) is 109 Å². The Balaban J connectivity index is 0.000000676. The molecular formula is C27H47Cl2NO3. The van der Waals surface area contributed by atoms with Crippen molar-refractivity contribution in [1.82, 2.24) is 0 Å². The lowest BCUT2D eigenvalue weighted by atomic mass is 10.0. The zero-order valence-electron chi connectivity index (χ0n) is 21.5. The third-order valence-corrected chi connectivity index (χ3v) is 5.95. The fraction of sp³-hybridized carbons (Fsp3) is 0.741. The van der Waals surface area contributed by atoms with Gasteiger partial charge in [0.2, 0.25) is 0 Å². The maximum Gasteiger partial charge on any atom is 0.138 e. The number of carbonyl (C=O) groups is 1. The summed E-state index contributed by atoms with van der Waals surface area (Å²) < 4.78 is 5.92. The van der Waals surface area contributed by atoms with E-state index in [-0.39, 0.29) is 10.8 Å². The summed E-state index contributed by atoms with van der Waals surface area (Å²) in [7, 11) is 6.88. The average molecular weight is 505 g/mol. The van der Waals surface area contributed by atoms with Crippen molar-refractivity contribution in [2.24, 2.45) is 0 Å². The van der Waals surface area contributed by atoms with Crippen LogP contribution in [-0.4, -0.2) is 44.7 Å². The van der Waals surface area contributed by atoms with E-state index in [2.05, 4.69) is 28.1 Å². The lowest BCUT2D eigenvalue weighted by molar-refractivity contribution is -0.870. The van der Waals surface area contributed by atoms with Crippen LogP contribution in [0.25, 0.3) is 0 Å². The number of benzene rings is 1. The van der Waals surface area contributed by atoms with Crippen molar-refractivity contribution in [3.63, 3.8) is 0 Å². The molecule has 1 rings (SSSR count). The molecule has 0 bridgehead atoms. The molecule has 0 unspecified atom stereocenters. The zero-order chi connectivity index (χ0) is 25.0. The predicted molar refractivity (Wildman–Crippen MR) is 140 cm³/mol. The number of halogens is 2. The second-order valence-corrected chi connectivity index (χ2v) is 10.7. The summed E-state index contributed by atoms with van der Waals surface area (Å²) >= 11 is 11.3. The van der Waals surface area contributed by atoms with Gasteiger partial charge in [0.25, 0.3) is 0 Å². The first-order valence-electron chi connectivity index (χ1n) is 12.7. The van der Waals surface area contributed by atoms with Gasteiger partial charge in [-0.3, -0.25) is 0 Å². The molecule has 0 N–H and O–H groups in total. The minimum Gasteiger partial charge on any atom is -0.546 e. The Kier molecular flexibility index (Phi) is 19.8. The smallest absolute Gasteiger partial charge is 0.138 e. The molecule has 4 nitrogen and oxygen atoms in total. The number of aliphatic carboxylic acids is 1. The van der Waals surface area contributed by atoms with Crippen molar-refractivity contribution in [2.75, 3.05) is 34.3 Å². The van der Waals surface area contributed by atoms with E-state index >= 15 is 0 Å². The first kappa shape index (κ1) is 32.0. The molecule has 0 amide bonds. The molecule has 0 aliphatic rings. The molecular weight excluding hydrogens is 457 g/mol. The number of nitrogens with zero attached hydrogens (tertiary/aromatic N) is 1. The topological polar surface area (TPSA) is 49.4 Å². The van der Waals surface area contributed by atoms with Gasteiger partial charge < -0.3 is 19.1 Å². The number of carbonyl (C=O) groups excluding carboxylic acids is 1. The Labute approximate surface area is 213 Å². The van der Waals surface area contributed by atoms with Gasteiger partial charge in [0.15, 0.2) is 0 Å². The number of rotatable bonds is 18. The number of hydrogen-bond acceptors (Lipinski definition) is 3. The lowest BCUT2D eigenvalue weighted by Gasteiger charge is -2.23. The highest BCUT2D eigenvalue weighted by Crippen LogP contribution is 2.27. The van der Waals surface area contributed by atoms with Gasteiger partial charge in [-0.05, 0) is 31.0 Å². The number of quaternary nitrogens is 1. The van der Waals surface area contributed by atoms with Gasteiger partial charge >= 0.3 is 0 Å². The molecule has 192 valence electrons. The molecule has 0 saturated carbocycles. The fourth-order valence-corrected chi connectivity index (χ4v) is 3.97. The number of unbranched alkanes of at least 4 members (excludes halogenated alkanes) is 13. The highest BCUT2D eigenvalue weighted by Gasteiger charge is 2.05. The Hall–Kier alpha value is -0.970. The summed E-state index contributed by atoms with van der Waals surface area (Å²) in [6.45, 7) is 3.10. The summed E-state index contributed by atoms with van der Waals surface area (Å²) in [6.07, 6.45) is 20.4. The minimum absolute atomic E-state index is 0.272. The summed E-state index contributed by atoms with van der Waals surface area (Å²) in [4.78, 5) is 10.0. The predicted octanol–water partition coefficient (Wildman–Crippen LogP) is 7.30. The second kappa shape index (κ2) is 20.4. The van der Waals surface area contributed by atoms with E-state index in [4.69, 9.17) is 27.9 Å². The molecule has 0 radical (unpaired) electrons. The molecule has 0 aliphatic heterocycles. The van der Waals surface area contributed by atoms with E-state index in [1.807, 2.05) is 0 Å². The summed E-state index contributed by atoms with van der Waals surface area (Å²) in [5.74, 6) is -1.03. The molecule has 0 heterocycles. The quantitative estimate of drug-likeness (QED) is 0.156. The van der Waals surface area contributed by atoms with Crippen molar-refractivity contribution in [1.29, 1.82) is 0 Å². The molecule has 6 heteroatoms. The summed E-state index contributed by atoms with van der Waals surface area (Å²) in [5.41, 5.74) is 0. The maximum absolute atomic E-state index is 10.0. The van der Waals surface area contributed by atoms with Crippen LogP contribution in [0.2, 0.25) is 10.0 Å². The SMILES string of the molecule is CCCCCCCCCCCCCCCC[N+](C)(C)C.O=C([O-])COc1ccc(Cl)cc1Cl. The first-order chi connectivity index (χ1) is 15.7. The van der Waals surface area contributed by atoms with Crippen molar-refractivity contribution in [3.8, 4) is 5.75 Å². The van der Waals surface area contributed by atoms with Crippen LogP contribution in [-0.2, 0) is 4.79 Å². The highest BCUT2D eigenvalue weighted by molar-refractivity contribution is 6.35. The van der Waals surface area contributed by atoms with Gasteiger partial charge in [-0.25, -0.2) is 0 Å². The molecule has 0 aromatic heterocycles. The van der Waals surface area contributed by atoms with Crippen LogP contribution in [0, 0.1) is 0 Å². The minimum atomic E-state index is -1.30. The van der Waals surface area contributed by atoms with E-state index in [0.29, 0.717) is 5.02 Å². The van der Waals surface area contributed by atoms with Gasteiger partial charge in [0, 0.05) is 5.02 Å². The molecule has 33 heavy (non-hydrogen) atoms. The Morgan fingerprint density at radius 3 is 1.67 bits per heavy atom. The largest absolute Gasteiger partial charge is 0.546 e. The van der Waals surface area contributed by atoms with Crippen LogP contribution < -0.4 is 9.84 Å². The lowest BCUT2D eigenvalue weighted by Crippen LogP contribution is -2.35. The molecule has 0 atom stereocenters. The normalized spacial score (nSPS) is 11.1. The van der Waals surface area contributed by atoms with Crippen LogP contribution in [0.5, 0.6) is 5.75 Å². The van der Waals surface area contributed by atoms with Gasteiger partial charge in [0.1, 0.15) is 12.4 Å². The van der Waals surface area contributed by atoms with Gasteiger partial charge in [-0.2, -0.15) is 0 Å². The van der Waals surface area contributed by atoms with Crippen molar-refractivity contribution < 1.29 is 19.1 Å². The van der Waals surface area contributed by atoms with Crippen molar-refractivity contribution >= 4 is 29.2 Å². The second-order valence-electron chi connectivity index (χ2n) is 9.85. The number of ether oxygens (including phenoxy) is 1. The summed E-state index contributed by atoms with van der Waals surface area (Å²) in [6, 6.07) is 4.51. The van der Waals surface area contributed by atoms with Gasteiger partial charge in [0.05, 0.1) is 38.7 Å². The molecule has 1 aromatic carbocycles. The molecule has 0 fully saturated rings. The number of carboxylic acids is 1. The zero-order valence-corrected chi connectivity index (χ0v) is 23.0. The van der Waals surface area contributed by atoms with Gasteiger partial charge in [-0.15, -0.1) is 0 Å². The van der Waals surface area contributed by atoms with Crippen LogP contribution in [0.1, 0.15) is 96.8 Å². The van der Waals surface area contributed by atoms with E-state index in [1.54, 1.807) is 6.07 Å². The Bertz CT molecular complexity index is 618. The van der Waals surface area contributed by atoms with E-state index in [0.717, 1.165) is 4.48 Å². The van der Waals surface area contributed by atoms with Crippen molar-refractivity contribution in [2.45, 2.75) is 96.8 Å². The molecule has 1 aromatic rings. The number of carboxylic acid groups (broad SMARTS) is 1. The fourth-order valence-electron chi connectivity index (χ4n) is 3.51. The molecule has 0 aliphatic carbocycles. The Morgan fingerprint density at radius 2 is 1.27 bits per heavy atom. The third-order valence-electron chi connectivity index (χ3n) is 5.42.